The highest BCUT2D eigenvalue weighted by Crippen LogP contribution is 2.10. The first kappa shape index (κ1) is 17.0. The second kappa shape index (κ2) is 8.29. The van der Waals surface area contributed by atoms with Gasteiger partial charge < -0.3 is 15.0 Å². The smallest absolute Gasteiger partial charge is 0.275 e. The normalized spacial score (nSPS) is 11.8. The lowest BCUT2D eigenvalue weighted by molar-refractivity contribution is -0.885. The van der Waals surface area contributed by atoms with Crippen LogP contribution in [0, 0.1) is 5.82 Å². The average Bonchev–Trinajstić information content (AvgIpc) is 2.55. The van der Waals surface area contributed by atoms with E-state index in [1.807, 2.05) is 31.3 Å². The Balaban J connectivity index is 1.75. The average molecular weight is 317 g/mol. The highest BCUT2D eigenvalue weighted by Gasteiger charge is 2.10. The van der Waals surface area contributed by atoms with Gasteiger partial charge in [-0.25, -0.2) is 4.39 Å². The van der Waals surface area contributed by atoms with Crippen LogP contribution in [0.25, 0.3) is 0 Å². The number of halogens is 1. The van der Waals surface area contributed by atoms with E-state index in [4.69, 9.17) is 4.74 Å². The summed E-state index contributed by atoms with van der Waals surface area (Å²) >= 11 is 0. The van der Waals surface area contributed by atoms with Crippen LogP contribution in [0.5, 0.6) is 5.75 Å². The molecule has 2 N–H and O–H groups in total. The summed E-state index contributed by atoms with van der Waals surface area (Å²) in [6.45, 7) is 1.54. The Morgan fingerprint density at radius 2 is 1.70 bits per heavy atom. The van der Waals surface area contributed by atoms with Gasteiger partial charge in [-0.2, -0.15) is 0 Å². The van der Waals surface area contributed by atoms with E-state index in [1.165, 1.54) is 12.1 Å². The van der Waals surface area contributed by atoms with E-state index >= 15 is 0 Å². The molecule has 0 bridgehead atoms. The zero-order chi connectivity index (χ0) is 16.7. The topological polar surface area (TPSA) is 42.8 Å². The molecule has 4 nitrogen and oxygen atoms in total. The van der Waals surface area contributed by atoms with Gasteiger partial charge in [-0.15, -0.1) is 0 Å². The number of carbonyl (C=O) groups excluding carboxylic acids is 1. The highest BCUT2D eigenvalue weighted by molar-refractivity contribution is 5.76. The predicted octanol–water partition coefficient (Wildman–Crippen LogP) is 1.17. The van der Waals surface area contributed by atoms with Gasteiger partial charge in [-0.05, 0) is 29.8 Å². The van der Waals surface area contributed by atoms with E-state index in [-0.39, 0.29) is 11.7 Å². The highest BCUT2D eigenvalue weighted by atomic mass is 19.1. The molecular weight excluding hydrogens is 295 g/mol. The summed E-state index contributed by atoms with van der Waals surface area (Å²) in [6, 6.07) is 13.9. The van der Waals surface area contributed by atoms with Crippen molar-refractivity contribution in [3.05, 3.63) is 65.5 Å². The van der Waals surface area contributed by atoms with Crippen LogP contribution in [0.3, 0.4) is 0 Å². The number of nitrogens with one attached hydrogen (secondary N) is 2. The van der Waals surface area contributed by atoms with E-state index in [2.05, 4.69) is 5.32 Å². The molecule has 0 fully saturated rings. The Hall–Kier alpha value is -2.40. The maximum absolute atomic E-state index is 12.9. The zero-order valence-electron chi connectivity index (χ0n) is 13.4. The molecule has 0 aliphatic heterocycles. The van der Waals surface area contributed by atoms with Crippen molar-refractivity contribution in [3.63, 3.8) is 0 Å². The van der Waals surface area contributed by atoms with E-state index in [0.29, 0.717) is 19.6 Å². The third kappa shape index (κ3) is 5.71. The minimum Gasteiger partial charge on any atom is -0.497 e. The van der Waals surface area contributed by atoms with E-state index in [1.54, 1.807) is 19.2 Å². The van der Waals surface area contributed by atoms with Crippen molar-refractivity contribution < 1.29 is 18.8 Å². The maximum Gasteiger partial charge on any atom is 0.275 e. The van der Waals surface area contributed by atoms with Gasteiger partial charge in [-0.1, -0.05) is 24.3 Å². The Bertz CT molecular complexity index is 626. The number of quaternary nitrogens is 1. The quantitative estimate of drug-likeness (QED) is 0.805. The largest absolute Gasteiger partial charge is 0.497 e. The van der Waals surface area contributed by atoms with Gasteiger partial charge in [0.05, 0.1) is 14.2 Å². The summed E-state index contributed by atoms with van der Waals surface area (Å²) in [7, 11) is 3.56. The summed E-state index contributed by atoms with van der Waals surface area (Å²) in [5.74, 6) is 0.535. The molecule has 0 aromatic heterocycles. The zero-order valence-corrected chi connectivity index (χ0v) is 13.4. The lowest BCUT2D eigenvalue weighted by Crippen LogP contribution is -3.08. The molecule has 2 aromatic rings. The second-order valence-electron chi connectivity index (χ2n) is 5.56. The van der Waals surface area contributed by atoms with Crippen LogP contribution in [0.1, 0.15) is 11.1 Å². The van der Waals surface area contributed by atoms with E-state index < -0.39 is 0 Å². The predicted molar refractivity (Wildman–Crippen MR) is 86.7 cm³/mol. The lowest BCUT2D eigenvalue weighted by atomic mass is 10.2. The van der Waals surface area contributed by atoms with Gasteiger partial charge in [0, 0.05) is 12.1 Å². The molecule has 23 heavy (non-hydrogen) atoms. The lowest BCUT2D eigenvalue weighted by Gasteiger charge is -2.14. The van der Waals surface area contributed by atoms with E-state index in [9.17, 15) is 9.18 Å². The number of hydrogen-bond acceptors (Lipinski definition) is 2. The fourth-order valence-corrected chi connectivity index (χ4v) is 2.29. The molecule has 0 saturated heterocycles. The molecule has 0 spiro atoms. The third-order valence-electron chi connectivity index (χ3n) is 3.53. The number of rotatable bonds is 7. The summed E-state index contributed by atoms with van der Waals surface area (Å²) in [4.78, 5) is 13.0. The molecule has 122 valence electrons. The molecule has 1 amide bonds. The Morgan fingerprint density at radius 3 is 2.30 bits per heavy atom. The number of amides is 1. The molecule has 5 heteroatoms. The van der Waals surface area contributed by atoms with Crippen LogP contribution >= 0.6 is 0 Å². The Labute approximate surface area is 135 Å². The van der Waals surface area contributed by atoms with Gasteiger partial charge in [0.1, 0.15) is 18.1 Å². The second-order valence-corrected chi connectivity index (χ2v) is 5.56. The molecule has 1 unspecified atom stereocenters. The molecule has 0 aliphatic rings. The first-order valence-electron chi connectivity index (χ1n) is 7.52. The van der Waals surface area contributed by atoms with Crippen LogP contribution in [-0.2, 0) is 17.9 Å². The maximum atomic E-state index is 12.9. The number of methoxy groups -OCH3 is 1. The van der Waals surface area contributed by atoms with Crippen LogP contribution in [0.15, 0.2) is 48.5 Å². The van der Waals surface area contributed by atoms with Gasteiger partial charge >= 0.3 is 0 Å². The first-order chi connectivity index (χ1) is 11.1. The summed E-state index contributed by atoms with van der Waals surface area (Å²) < 4.78 is 18.0. The number of ether oxygens (including phenoxy) is 1. The Morgan fingerprint density at radius 1 is 1.09 bits per heavy atom. The van der Waals surface area contributed by atoms with Crippen molar-refractivity contribution in [2.45, 2.75) is 13.1 Å². The molecule has 0 radical (unpaired) electrons. The van der Waals surface area contributed by atoms with Crippen molar-refractivity contribution in [2.75, 3.05) is 20.7 Å². The number of hydrogen-bond donors (Lipinski definition) is 2. The van der Waals surface area contributed by atoms with Crippen LogP contribution in [-0.4, -0.2) is 26.6 Å². The van der Waals surface area contributed by atoms with Gasteiger partial charge in [0.15, 0.2) is 6.54 Å². The third-order valence-corrected chi connectivity index (χ3v) is 3.53. The molecule has 0 aliphatic carbocycles. The summed E-state index contributed by atoms with van der Waals surface area (Å²) in [6.07, 6.45) is 0. The SMILES string of the molecule is COc1ccc(CNC(=O)C[NH+](C)Cc2ccc(F)cc2)cc1. The van der Waals surface area contributed by atoms with Crippen molar-refractivity contribution in [1.82, 2.24) is 5.32 Å². The van der Waals surface area contributed by atoms with Crippen molar-refractivity contribution in [1.29, 1.82) is 0 Å². The van der Waals surface area contributed by atoms with Crippen molar-refractivity contribution >= 4 is 5.91 Å². The van der Waals surface area contributed by atoms with Gasteiger partial charge in [-0.3, -0.25) is 4.79 Å². The minimum atomic E-state index is -0.247. The monoisotopic (exact) mass is 317 g/mol. The summed E-state index contributed by atoms with van der Waals surface area (Å²) in [5.41, 5.74) is 2.03. The van der Waals surface area contributed by atoms with Crippen LogP contribution in [0.2, 0.25) is 0 Å². The molecule has 0 heterocycles. The standard InChI is InChI=1S/C18H21FN2O2/c1-21(12-15-3-7-16(19)8-4-15)13-18(22)20-11-14-5-9-17(23-2)10-6-14/h3-10H,11-13H2,1-2H3,(H,20,22)/p+1. The first-order valence-corrected chi connectivity index (χ1v) is 7.52. The van der Waals surface area contributed by atoms with Gasteiger partial charge in [0.25, 0.3) is 5.91 Å². The number of likely N-dealkylation sites (N-methyl/N-ethyl adjacent to an activating group) is 1. The fourth-order valence-electron chi connectivity index (χ4n) is 2.29. The number of benzene rings is 2. The van der Waals surface area contributed by atoms with Crippen LogP contribution < -0.4 is 15.0 Å². The fraction of sp³-hybridized carbons (Fsp3) is 0.278. The van der Waals surface area contributed by atoms with Crippen molar-refractivity contribution in [3.8, 4) is 5.75 Å². The molecule has 0 saturated carbocycles. The number of carbonyl (C=O) groups is 1. The Kier molecular flexibility index (Phi) is 6.11. The van der Waals surface area contributed by atoms with Crippen molar-refractivity contribution in [2.24, 2.45) is 0 Å². The molecular formula is C18H22FN2O2+. The molecule has 1 atom stereocenters. The van der Waals surface area contributed by atoms with Crippen LogP contribution in [0.4, 0.5) is 4.39 Å². The molecule has 2 aromatic carbocycles. The molecule has 2 rings (SSSR count). The minimum absolute atomic E-state index is 0.0135. The summed E-state index contributed by atoms with van der Waals surface area (Å²) in [5, 5.41) is 2.90. The van der Waals surface area contributed by atoms with E-state index in [0.717, 1.165) is 21.8 Å². The van der Waals surface area contributed by atoms with Gasteiger partial charge in [0.2, 0.25) is 0 Å².